The number of aliphatic hydroxyl groups is 1. The molecule has 7 nitrogen and oxygen atoms in total. The summed E-state index contributed by atoms with van der Waals surface area (Å²) in [6.07, 6.45) is 4.10. The zero-order valence-electron chi connectivity index (χ0n) is 18.8. The van der Waals surface area contributed by atoms with E-state index in [9.17, 15) is 5.11 Å². The van der Waals surface area contributed by atoms with Gasteiger partial charge in [0.1, 0.15) is 12.7 Å². The van der Waals surface area contributed by atoms with Gasteiger partial charge in [0.15, 0.2) is 0 Å². The Morgan fingerprint density at radius 2 is 1.45 bits per heavy atom. The average Bonchev–Trinajstić information content (AvgIpc) is 2.63. The molecule has 0 aromatic rings. The second kappa shape index (κ2) is 9.47. The third-order valence-corrected chi connectivity index (χ3v) is 6.05. The minimum Gasteiger partial charge on any atom is -0.394 e. The van der Waals surface area contributed by atoms with Gasteiger partial charge in [-0.1, -0.05) is 34.6 Å². The molecule has 4 aliphatic rings. The van der Waals surface area contributed by atoms with Crippen LogP contribution in [0, 0.1) is 10.8 Å². The molecule has 4 fully saturated rings. The fourth-order valence-corrected chi connectivity index (χ4v) is 3.96. The minimum absolute atomic E-state index is 0.108. The molecule has 3 heterocycles. The highest BCUT2D eigenvalue weighted by Gasteiger charge is 2.55. The molecule has 1 atom stereocenters. The van der Waals surface area contributed by atoms with Crippen molar-refractivity contribution >= 4 is 0 Å². The van der Waals surface area contributed by atoms with E-state index in [0.29, 0.717) is 13.2 Å². The van der Waals surface area contributed by atoms with E-state index >= 15 is 0 Å². The number of hydrogen-bond donors (Lipinski definition) is 1. The Hall–Kier alpha value is -0.280. The predicted octanol–water partition coefficient (Wildman–Crippen LogP) is 2.88. The fourth-order valence-electron chi connectivity index (χ4n) is 3.96. The van der Waals surface area contributed by atoms with Gasteiger partial charge in [-0.15, -0.1) is 0 Å². The highest BCUT2D eigenvalue weighted by molar-refractivity contribution is 4.91. The van der Waals surface area contributed by atoms with Gasteiger partial charge >= 0.3 is 5.97 Å². The molecule has 7 heteroatoms. The molecule has 0 radical (unpaired) electrons. The van der Waals surface area contributed by atoms with Crippen molar-refractivity contribution in [1.29, 1.82) is 0 Å². The first-order valence-electron chi connectivity index (χ1n) is 11.1. The number of hydrogen-bond acceptors (Lipinski definition) is 7. The van der Waals surface area contributed by atoms with Gasteiger partial charge in [-0.3, -0.25) is 0 Å². The highest BCUT2D eigenvalue weighted by atomic mass is 16.9. The monoisotopic (exact) mass is 416 g/mol. The molecule has 4 rings (SSSR count). The molecule has 1 saturated carbocycles. The van der Waals surface area contributed by atoms with Crippen molar-refractivity contribution < 1.29 is 33.5 Å². The van der Waals surface area contributed by atoms with Crippen LogP contribution in [0.1, 0.15) is 60.3 Å². The van der Waals surface area contributed by atoms with Crippen LogP contribution < -0.4 is 0 Å². The van der Waals surface area contributed by atoms with Crippen LogP contribution in [0.25, 0.3) is 0 Å². The topological polar surface area (TPSA) is 75.6 Å². The normalized spacial score (nSPS) is 32.7. The van der Waals surface area contributed by atoms with Gasteiger partial charge in [0.05, 0.1) is 51.3 Å². The van der Waals surface area contributed by atoms with Crippen molar-refractivity contribution in [3.8, 4) is 0 Å². The first kappa shape index (κ1) is 23.4. The summed E-state index contributed by atoms with van der Waals surface area (Å²) in [6.45, 7) is 12.9. The van der Waals surface area contributed by atoms with Gasteiger partial charge in [-0.2, -0.15) is 0 Å². The van der Waals surface area contributed by atoms with Crippen LogP contribution in [0.2, 0.25) is 0 Å². The van der Waals surface area contributed by atoms with Crippen molar-refractivity contribution in [3.05, 3.63) is 0 Å². The molecule has 3 saturated heterocycles. The largest absolute Gasteiger partial charge is 0.394 e. The summed E-state index contributed by atoms with van der Waals surface area (Å²) >= 11 is 0. The number of ether oxygens (including phenoxy) is 6. The minimum atomic E-state index is -1.08. The second-order valence-corrected chi connectivity index (χ2v) is 10.4. The van der Waals surface area contributed by atoms with E-state index in [4.69, 9.17) is 28.4 Å². The maximum absolute atomic E-state index is 9.67. The van der Waals surface area contributed by atoms with Gasteiger partial charge in [-0.25, -0.2) is 0 Å². The van der Waals surface area contributed by atoms with Gasteiger partial charge in [0, 0.05) is 24.7 Å². The van der Waals surface area contributed by atoms with E-state index in [1.807, 2.05) is 0 Å². The lowest BCUT2D eigenvalue weighted by atomic mass is 9.89. The van der Waals surface area contributed by atoms with Gasteiger partial charge < -0.3 is 33.5 Å². The maximum atomic E-state index is 9.67. The van der Waals surface area contributed by atoms with E-state index in [0.717, 1.165) is 32.3 Å². The Balaban J connectivity index is 1.36. The molecule has 0 spiro atoms. The smallest absolute Gasteiger partial charge is 0.308 e. The summed E-state index contributed by atoms with van der Waals surface area (Å²) in [5.41, 5.74) is 0.0361. The van der Waals surface area contributed by atoms with E-state index < -0.39 is 12.1 Å². The first-order chi connectivity index (χ1) is 13.6. The first-order valence-corrected chi connectivity index (χ1v) is 11.1. The Labute approximate surface area is 175 Å². The fraction of sp³-hybridized carbons (Fsp3) is 1.00. The average molecular weight is 417 g/mol. The third-order valence-electron chi connectivity index (χ3n) is 6.05. The van der Waals surface area contributed by atoms with E-state index in [1.165, 1.54) is 0 Å². The molecule has 4 bridgehead atoms. The van der Waals surface area contributed by atoms with Crippen LogP contribution >= 0.6 is 0 Å². The summed E-state index contributed by atoms with van der Waals surface area (Å²) in [6, 6.07) is 0. The SMILES string of the molecule is CCC(C)(C)COCC(C)(C)CO[C@H](CO)COCC12OC3CC(CC(C3)O1)O2. The van der Waals surface area contributed by atoms with Crippen molar-refractivity contribution in [1.82, 2.24) is 0 Å². The summed E-state index contributed by atoms with van der Waals surface area (Å²) in [5, 5.41) is 9.67. The van der Waals surface area contributed by atoms with Crippen LogP contribution in [0.3, 0.4) is 0 Å². The number of rotatable bonds is 13. The van der Waals surface area contributed by atoms with E-state index in [1.54, 1.807) is 0 Å². The quantitative estimate of drug-likeness (QED) is 0.495. The molecular formula is C22H40O7. The second-order valence-electron chi connectivity index (χ2n) is 10.4. The Morgan fingerprint density at radius 3 is 1.97 bits per heavy atom. The van der Waals surface area contributed by atoms with Crippen molar-refractivity contribution in [3.63, 3.8) is 0 Å². The summed E-state index contributed by atoms with van der Waals surface area (Å²) in [4.78, 5) is 0. The molecular weight excluding hydrogens is 376 g/mol. The van der Waals surface area contributed by atoms with Crippen molar-refractivity contribution in [2.75, 3.05) is 39.6 Å². The van der Waals surface area contributed by atoms with E-state index in [-0.39, 0.29) is 49.0 Å². The van der Waals surface area contributed by atoms with Gasteiger partial charge in [0.25, 0.3) is 0 Å². The van der Waals surface area contributed by atoms with Crippen LogP contribution in [-0.2, 0) is 28.4 Å². The van der Waals surface area contributed by atoms with Gasteiger partial charge in [-0.05, 0) is 11.8 Å². The molecule has 1 aliphatic carbocycles. The lowest BCUT2D eigenvalue weighted by Crippen LogP contribution is -2.64. The van der Waals surface area contributed by atoms with Crippen molar-refractivity contribution in [2.45, 2.75) is 90.7 Å². The predicted molar refractivity (Wildman–Crippen MR) is 108 cm³/mol. The summed E-state index contributed by atoms with van der Waals surface area (Å²) in [5.74, 6) is -1.08. The lowest BCUT2D eigenvalue weighted by molar-refractivity contribution is -0.501. The standard InChI is InChI=1S/C22H40O7/c1-6-20(2,3)12-25-13-21(4,5)14-26-19(10-23)11-24-15-22-27-16-7-17(28-22)9-18(8-16)29-22/h16-19,23H,6-15H2,1-5H3/t16?,17?,18?,19-,22?/m1/s1. The van der Waals surface area contributed by atoms with Crippen molar-refractivity contribution in [2.24, 2.45) is 10.8 Å². The van der Waals surface area contributed by atoms with Crippen LogP contribution in [0.5, 0.6) is 0 Å². The molecule has 0 aromatic carbocycles. The molecule has 0 amide bonds. The van der Waals surface area contributed by atoms with Gasteiger partial charge in [0.2, 0.25) is 0 Å². The summed E-state index contributed by atoms with van der Waals surface area (Å²) < 4.78 is 35.4. The Kier molecular flexibility index (Phi) is 7.63. The Bertz CT molecular complexity index is 484. The highest BCUT2D eigenvalue weighted by Crippen LogP contribution is 2.44. The van der Waals surface area contributed by atoms with Crippen LogP contribution in [-0.4, -0.2) is 75.1 Å². The molecule has 1 N–H and O–H groups in total. The zero-order valence-corrected chi connectivity index (χ0v) is 18.8. The van der Waals surface area contributed by atoms with Crippen LogP contribution in [0.15, 0.2) is 0 Å². The molecule has 170 valence electrons. The van der Waals surface area contributed by atoms with E-state index in [2.05, 4.69) is 34.6 Å². The molecule has 29 heavy (non-hydrogen) atoms. The lowest BCUT2D eigenvalue weighted by Gasteiger charge is -2.54. The number of aliphatic hydroxyl groups excluding tert-OH is 1. The summed E-state index contributed by atoms with van der Waals surface area (Å²) in [7, 11) is 0. The zero-order chi connectivity index (χ0) is 21.1. The third kappa shape index (κ3) is 6.60. The maximum Gasteiger partial charge on any atom is 0.308 e. The molecule has 0 unspecified atom stereocenters. The van der Waals surface area contributed by atoms with Crippen LogP contribution in [0.4, 0.5) is 0 Å². The molecule has 3 aliphatic heterocycles. The Morgan fingerprint density at radius 1 is 0.897 bits per heavy atom. The molecule has 0 aromatic heterocycles.